The summed E-state index contributed by atoms with van der Waals surface area (Å²) in [5.74, 6) is 0.212. The fraction of sp³-hybridized carbons (Fsp3) is 0.500. The summed E-state index contributed by atoms with van der Waals surface area (Å²) in [5.41, 5.74) is 5.50. The first-order valence-electron chi connectivity index (χ1n) is 4.64. The van der Waals surface area contributed by atoms with Crippen molar-refractivity contribution in [2.45, 2.75) is 19.8 Å². The van der Waals surface area contributed by atoms with Crippen molar-refractivity contribution in [2.75, 3.05) is 6.54 Å². The van der Waals surface area contributed by atoms with E-state index < -0.39 is 0 Å². The number of ketones is 1. The van der Waals surface area contributed by atoms with Crippen LogP contribution < -0.4 is 5.73 Å². The molecule has 2 N–H and O–H groups in total. The Labute approximate surface area is 93.1 Å². The normalized spacial score (nSPS) is 12.8. The molecule has 0 amide bonds. The molecule has 0 saturated carbocycles. The molecule has 1 heterocycles. The number of hydrogen-bond acceptors (Lipinski definition) is 3. The van der Waals surface area contributed by atoms with Gasteiger partial charge in [-0.2, -0.15) is 0 Å². The number of carbonyl (C=O) groups is 1. The highest BCUT2D eigenvalue weighted by Gasteiger charge is 2.15. The zero-order chi connectivity index (χ0) is 10.6. The molecule has 1 rings (SSSR count). The van der Waals surface area contributed by atoms with E-state index in [2.05, 4.69) is 0 Å². The fourth-order valence-electron chi connectivity index (χ4n) is 1.29. The van der Waals surface area contributed by atoms with E-state index in [1.54, 1.807) is 0 Å². The van der Waals surface area contributed by atoms with E-state index in [0.29, 0.717) is 13.0 Å². The monoisotopic (exact) mass is 231 g/mol. The van der Waals surface area contributed by atoms with Gasteiger partial charge in [-0.3, -0.25) is 4.79 Å². The van der Waals surface area contributed by atoms with Crippen LogP contribution in [0.4, 0.5) is 0 Å². The lowest BCUT2D eigenvalue weighted by atomic mass is 9.98. The van der Waals surface area contributed by atoms with E-state index in [-0.39, 0.29) is 11.7 Å². The minimum Gasteiger partial charge on any atom is -0.330 e. The summed E-state index contributed by atoms with van der Waals surface area (Å²) < 4.78 is 0.730. The van der Waals surface area contributed by atoms with Gasteiger partial charge in [-0.05, 0) is 18.6 Å². The quantitative estimate of drug-likeness (QED) is 0.846. The molecule has 0 saturated heterocycles. The van der Waals surface area contributed by atoms with Crippen LogP contribution >= 0.6 is 22.9 Å². The summed E-state index contributed by atoms with van der Waals surface area (Å²) in [6.07, 6.45) is 1.28. The summed E-state index contributed by atoms with van der Waals surface area (Å²) >= 11 is 7.23. The van der Waals surface area contributed by atoms with Crippen LogP contribution in [0.3, 0.4) is 0 Å². The molecular weight excluding hydrogens is 218 g/mol. The van der Waals surface area contributed by atoms with Crippen LogP contribution in [0.1, 0.15) is 18.2 Å². The van der Waals surface area contributed by atoms with E-state index in [9.17, 15) is 4.79 Å². The van der Waals surface area contributed by atoms with Crippen LogP contribution in [0.5, 0.6) is 0 Å². The van der Waals surface area contributed by atoms with Gasteiger partial charge in [0.2, 0.25) is 0 Å². The van der Waals surface area contributed by atoms with Crippen molar-refractivity contribution in [1.82, 2.24) is 0 Å². The third-order valence-corrected chi connectivity index (χ3v) is 3.44. The number of nitrogens with two attached hydrogens (primary N) is 1. The second kappa shape index (κ2) is 5.49. The summed E-state index contributed by atoms with van der Waals surface area (Å²) in [7, 11) is 0. The summed E-state index contributed by atoms with van der Waals surface area (Å²) in [6, 6.07) is 3.71. The number of hydrogen-bond donors (Lipinski definition) is 1. The smallest absolute Gasteiger partial charge is 0.142 e. The summed E-state index contributed by atoms with van der Waals surface area (Å²) in [5, 5.41) is 0. The van der Waals surface area contributed by atoms with Crippen molar-refractivity contribution in [3.63, 3.8) is 0 Å². The minimum absolute atomic E-state index is 0.00382. The third kappa shape index (κ3) is 3.08. The molecule has 0 aromatic carbocycles. The number of rotatable bonds is 5. The van der Waals surface area contributed by atoms with Gasteiger partial charge in [-0.25, -0.2) is 0 Å². The van der Waals surface area contributed by atoms with Gasteiger partial charge in [-0.15, -0.1) is 11.3 Å². The zero-order valence-electron chi connectivity index (χ0n) is 8.13. The maximum atomic E-state index is 11.7. The molecular formula is C10H14ClNOS. The van der Waals surface area contributed by atoms with Crippen LogP contribution in [0.15, 0.2) is 12.1 Å². The van der Waals surface area contributed by atoms with Gasteiger partial charge < -0.3 is 5.73 Å². The number of Topliss-reactive ketones (excluding diaryl/α,β-unsaturated/α-hetero) is 1. The van der Waals surface area contributed by atoms with Gasteiger partial charge in [0.25, 0.3) is 0 Å². The Bertz CT molecular complexity index is 307. The highest BCUT2D eigenvalue weighted by atomic mass is 35.5. The fourth-order valence-corrected chi connectivity index (χ4v) is 2.39. The standard InChI is InChI=1S/C10H14ClNOS/c1-2-7(6-12)9(13)5-8-3-4-10(11)14-8/h3-4,7H,2,5-6,12H2,1H3. The topological polar surface area (TPSA) is 43.1 Å². The van der Waals surface area contributed by atoms with Gasteiger partial charge in [0.05, 0.1) is 4.34 Å². The lowest BCUT2D eigenvalue weighted by Gasteiger charge is -2.09. The maximum absolute atomic E-state index is 11.7. The van der Waals surface area contributed by atoms with Crippen molar-refractivity contribution in [3.05, 3.63) is 21.3 Å². The molecule has 0 radical (unpaired) electrons. The minimum atomic E-state index is -0.00382. The van der Waals surface area contributed by atoms with E-state index in [1.807, 2.05) is 19.1 Å². The van der Waals surface area contributed by atoms with Crippen LogP contribution in [0.25, 0.3) is 0 Å². The van der Waals surface area contributed by atoms with E-state index in [1.165, 1.54) is 11.3 Å². The second-order valence-electron chi connectivity index (χ2n) is 3.19. The first kappa shape index (κ1) is 11.7. The van der Waals surface area contributed by atoms with Crippen molar-refractivity contribution >= 4 is 28.7 Å². The molecule has 14 heavy (non-hydrogen) atoms. The number of thiophene rings is 1. The van der Waals surface area contributed by atoms with Crippen LogP contribution in [0, 0.1) is 5.92 Å². The molecule has 1 atom stereocenters. The largest absolute Gasteiger partial charge is 0.330 e. The van der Waals surface area contributed by atoms with Crippen LogP contribution in [-0.2, 0) is 11.2 Å². The van der Waals surface area contributed by atoms with Gasteiger partial charge >= 0.3 is 0 Å². The summed E-state index contributed by atoms with van der Waals surface area (Å²) in [6.45, 7) is 2.42. The third-order valence-electron chi connectivity index (χ3n) is 2.21. The predicted octanol–water partition coefficient (Wildman–Crippen LogP) is 2.50. The van der Waals surface area contributed by atoms with Crippen molar-refractivity contribution in [3.8, 4) is 0 Å². The highest BCUT2D eigenvalue weighted by Crippen LogP contribution is 2.22. The Kier molecular flexibility index (Phi) is 4.58. The van der Waals surface area contributed by atoms with Gasteiger partial charge in [0, 0.05) is 23.8 Å². The van der Waals surface area contributed by atoms with E-state index in [0.717, 1.165) is 15.6 Å². The molecule has 1 aromatic heterocycles. The predicted molar refractivity (Wildman–Crippen MR) is 60.9 cm³/mol. The second-order valence-corrected chi connectivity index (χ2v) is 4.99. The Morgan fingerprint density at radius 1 is 1.64 bits per heavy atom. The maximum Gasteiger partial charge on any atom is 0.142 e. The molecule has 0 bridgehead atoms. The Morgan fingerprint density at radius 2 is 2.36 bits per heavy atom. The first-order chi connectivity index (χ1) is 6.67. The average Bonchev–Trinajstić information content (AvgIpc) is 2.53. The molecule has 0 aliphatic heterocycles. The Hall–Kier alpha value is -0.380. The van der Waals surface area contributed by atoms with Crippen molar-refractivity contribution in [2.24, 2.45) is 11.7 Å². The average molecular weight is 232 g/mol. The molecule has 4 heteroatoms. The van der Waals surface area contributed by atoms with Gasteiger partial charge in [0.15, 0.2) is 0 Å². The molecule has 0 fully saturated rings. The van der Waals surface area contributed by atoms with Crippen LogP contribution in [-0.4, -0.2) is 12.3 Å². The molecule has 1 unspecified atom stereocenters. The van der Waals surface area contributed by atoms with E-state index >= 15 is 0 Å². The molecule has 1 aromatic rings. The molecule has 0 aliphatic rings. The highest BCUT2D eigenvalue weighted by molar-refractivity contribution is 7.16. The zero-order valence-corrected chi connectivity index (χ0v) is 9.70. The molecule has 0 spiro atoms. The summed E-state index contributed by atoms with van der Waals surface area (Å²) in [4.78, 5) is 12.7. The Balaban J connectivity index is 2.56. The molecule has 78 valence electrons. The van der Waals surface area contributed by atoms with Crippen molar-refractivity contribution in [1.29, 1.82) is 0 Å². The SMILES string of the molecule is CCC(CN)C(=O)Cc1ccc(Cl)s1. The lowest BCUT2D eigenvalue weighted by Crippen LogP contribution is -2.24. The Morgan fingerprint density at radius 3 is 2.79 bits per heavy atom. The lowest BCUT2D eigenvalue weighted by molar-refractivity contribution is -0.121. The molecule has 0 aliphatic carbocycles. The van der Waals surface area contributed by atoms with Gasteiger partial charge in [0.1, 0.15) is 5.78 Å². The first-order valence-corrected chi connectivity index (χ1v) is 5.83. The number of carbonyl (C=O) groups excluding carboxylic acids is 1. The van der Waals surface area contributed by atoms with Gasteiger partial charge in [-0.1, -0.05) is 18.5 Å². The van der Waals surface area contributed by atoms with E-state index in [4.69, 9.17) is 17.3 Å². The molecule has 2 nitrogen and oxygen atoms in total. The van der Waals surface area contributed by atoms with Crippen molar-refractivity contribution < 1.29 is 4.79 Å². The number of halogens is 1. The van der Waals surface area contributed by atoms with Crippen LogP contribution in [0.2, 0.25) is 4.34 Å².